The van der Waals surface area contributed by atoms with Crippen molar-refractivity contribution in [1.29, 1.82) is 0 Å². The first-order valence-electron chi connectivity index (χ1n) is 5.16. The lowest BCUT2D eigenvalue weighted by Crippen LogP contribution is -2.53. The van der Waals surface area contributed by atoms with Crippen LogP contribution in [0.4, 0.5) is 0 Å². The summed E-state index contributed by atoms with van der Waals surface area (Å²) in [7, 11) is 2.31. The highest BCUT2D eigenvalue weighted by molar-refractivity contribution is 6.77. The van der Waals surface area contributed by atoms with Crippen LogP contribution in [0.3, 0.4) is 0 Å². The van der Waals surface area contributed by atoms with Gasteiger partial charge in [-0.1, -0.05) is 27.3 Å². The topological polar surface area (TPSA) is 3.24 Å². The van der Waals surface area contributed by atoms with E-state index in [2.05, 4.69) is 25.7 Å². The number of hydrogen-bond donors (Lipinski definition) is 0. The second-order valence-electron chi connectivity index (χ2n) is 4.21. The molecule has 0 amide bonds. The smallest absolute Gasteiger partial charge is 0.0614 e. The second kappa shape index (κ2) is 3.62. The Hall–Kier alpha value is 0.0249. The minimum atomic E-state index is -0.101. The molecule has 0 bridgehead atoms. The molecular formula is C9H21BN-. The van der Waals surface area contributed by atoms with Gasteiger partial charge in [-0.05, 0) is 13.0 Å². The van der Waals surface area contributed by atoms with E-state index in [1.807, 2.05) is 0 Å². The fraction of sp³-hybridized carbons (Fsp3) is 1.00. The van der Waals surface area contributed by atoms with Crippen molar-refractivity contribution in [3.8, 4) is 0 Å². The zero-order chi connectivity index (χ0) is 8.32. The van der Waals surface area contributed by atoms with Crippen LogP contribution in [-0.4, -0.2) is 24.7 Å². The Balaban J connectivity index is 2.61. The summed E-state index contributed by atoms with van der Waals surface area (Å²) in [6.45, 7) is 6.04. The van der Waals surface area contributed by atoms with Crippen molar-refractivity contribution in [2.75, 3.05) is 13.6 Å². The molecule has 1 fully saturated rings. The zero-order valence-electron chi connectivity index (χ0n) is 8.27. The summed E-state index contributed by atoms with van der Waals surface area (Å²) in [5.41, 5.74) is 0. The third kappa shape index (κ3) is 1.61. The van der Waals surface area contributed by atoms with Gasteiger partial charge in [0.1, 0.15) is 0 Å². The van der Waals surface area contributed by atoms with Crippen LogP contribution in [0.1, 0.15) is 26.7 Å². The Morgan fingerprint density at radius 2 is 1.82 bits per heavy atom. The van der Waals surface area contributed by atoms with Gasteiger partial charge in [0.2, 0.25) is 0 Å². The van der Waals surface area contributed by atoms with E-state index >= 15 is 0 Å². The lowest BCUT2D eigenvalue weighted by atomic mass is 9.27. The number of hydrogen-bond acceptors (Lipinski definition) is 1. The molecule has 1 nitrogen and oxygen atoms in total. The highest BCUT2D eigenvalue weighted by Crippen LogP contribution is 2.29. The summed E-state index contributed by atoms with van der Waals surface area (Å²) in [6.07, 6.45) is 7.02. The highest BCUT2D eigenvalue weighted by Gasteiger charge is 2.26. The summed E-state index contributed by atoms with van der Waals surface area (Å²) in [4.78, 5) is 2.63. The van der Waals surface area contributed by atoms with Crippen molar-refractivity contribution < 1.29 is 0 Å². The molecule has 0 radical (unpaired) electrons. The molecule has 1 saturated heterocycles. The number of rotatable bonds is 2. The summed E-state index contributed by atoms with van der Waals surface area (Å²) in [5, 5.41) is 0. The number of nitrogens with zero attached hydrogens (tertiary/aromatic N) is 1. The third-order valence-corrected chi connectivity index (χ3v) is 3.96. The molecule has 1 rings (SSSR count). The molecular weight excluding hydrogens is 133 g/mol. The molecule has 0 aromatic heterocycles. The average molecular weight is 154 g/mol. The molecule has 0 saturated carbocycles. The molecule has 1 aliphatic heterocycles. The predicted octanol–water partition coefficient (Wildman–Crippen LogP) is 2.70. The van der Waals surface area contributed by atoms with Gasteiger partial charge in [-0.25, -0.2) is 0 Å². The van der Waals surface area contributed by atoms with Crippen molar-refractivity contribution in [2.24, 2.45) is 0 Å². The summed E-state index contributed by atoms with van der Waals surface area (Å²) in [6, 6.07) is 0. The Labute approximate surface area is 71.1 Å². The SMILES string of the molecule is CC[B-]1(CC)CCCCN1C. The fourth-order valence-electron chi connectivity index (χ4n) is 2.70. The largest absolute Gasteiger partial charge is 0.477 e. The van der Waals surface area contributed by atoms with Crippen LogP contribution >= 0.6 is 0 Å². The molecule has 0 aromatic carbocycles. The molecule has 0 N–H and O–H groups in total. The molecule has 1 aliphatic rings. The standard InChI is InChI=1S/C9H21BN/c1-4-10(5-2)8-6-7-9-11(10)3/h4-9H2,1-3H3/q-1. The fourth-order valence-corrected chi connectivity index (χ4v) is 2.70. The van der Waals surface area contributed by atoms with Crippen LogP contribution in [0.5, 0.6) is 0 Å². The lowest BCUT2D eigenvalue weighted by Gasteiger charge is -2.51. The molecule has 0 atom stereocenters. The molecule has 11 heavy (non-hydrogen) atoms. The van der Waals surface area contributed by atoms with E-state index in [9.17, 15) is 0 Å². The van der Waals surface area contributed by atoms with Crippen LogP contribution in [0.2, 0.25) is 19.0 Å². The summed E-state index contributed by atoms with van der Waals surface area (Å²) >= 11 is 0. The first kappa shape index (κ1) is 9.12. The van der Waals surface area contributed by atoms with Crippen molar-refractivity contribution in [1.82, 2.24) is 4.81 Å². The summed E-state index contributed by atoms with van der Waals surface area (Å²) < 4.78 is 0. The Morgan fingerprint density at radius 1 is 1.18 bits per heavy atom. The molecule has 0 spiro atoms. The van der Waals surface area contributed by atoms with Gasteiger partial charge in [0.15, 0.2) is 0 Å². The van der Waals surface area contributed by atoms with Crippen molar-refractivity contribution >= 4 is 6.28 Å². The van der Waals surface area contributed by atoms with Crippen LogP contribution in [0.25, 0.3) is 0 Å². The van der Waals surface area contributed by atoms with Gasteiger partial charge in [-0.3, -0.25) is 0 Å². The van der Waals surface area contributed by atoms with Crippen LogP contribution in [0, 0.1) is 0 Å². The normalized spacial score (nSPS) is 25.4. The van der Waals surface area contributed by atoms with Crippen molar-refractivity contribution in [2.45, 2.75) is 45.6 Å². The molecule has 0 aliphatic carbocycles. The quantitative estimate of drug-likeness (QED) is 0.552. The van der Waals surface area contributed by atoms with E-state index in [0.29, 0.717) is 0 Å². The van der Waals surface area contributed by atoms with Gasteiger partial charge >= 0.3 is 0 Å². The maximum Gasteiger partial charge on any atom is 0.0614 e. The minimum absolute atomic E-state index is 0.101. The molecule has 66 valence electrons. The maximum atomic E-state index is 2.63. The third-order valence-electron chi connectivity index (χ3n) is 3.96. The molecule has 0 unspecified atom stereocenters. The highest BCUT2D eigenvalue weighted by atomic mass is 15.0. The lowest BCUT2D eigenvalue weighted by molar-refractivity contribution is 0.440. The van der Waals surface area contributed by atoms with Crippen molar-refractivity contribution in [3.05, 3.63) is 0 Å². The first-order valence-corrected chi connectivity index (χ1v) is 5.16. The monoisotopic (exact) mass is 154 g/mol. The van der Waals surface area contributed by atoms with Crippen LogP contribution in [0.15, 0.2) is 0 Å². The average Bonchev–Trinajstić information content (AvgIpc) is 2.06. The van der Waals surface area contributed by atoms with E-state index < -0.39 is 0 Å². The van der Waals surface area contributed by atoms with E-state index in [1.54, 1.807) is 0 Å². The Kier molecular flexibility index (Phi) is 3.00. The second-order valence-corrected chi connectivity index (χ2v) is 4.21. The summed E-state index contributed by atoms with van der Waals surface area (Å²) in [5.74, 6) is 0. The van der Waals surface area contributed by atoms with E-state index in [1.165, 1.54) is 38.3 Å². The Bertz CT molecular complexity index is 121. The molecule has 0 aromatic rings. The van der Waals surface area contributed by atoms with Gasteiger partial charge < -0.3 is 4.81 Å². The van der Waals surface area contributed by atoms with Gasteiger partial charge in [-0.2, -0.15) is 19.0 Å². The van der Waals surface area contributed by atoms with E-state index in [-0.39, 0.29) is 6.28 Å². The maximum absolute atomic E-state index is 2.63. The zero-order valence-corrected chi connectivity index (χ0v) is 8.27. The van der Waals surface area contributed by atoms with Gasteiger partial charge in [0.25, 0.3) is 0 Å². The first-order chi connectivity index (χ1) is 5.25. The van der Waals surface area contributed by atoms with Gasteiger partial charge in [0.05, 0.1) is 6.28 Å². The predicted molar refractivity (Wildman–Crippen MR) is 53.4 cm³/mol. The molecule has 1 heterocycles. The van der Waals surface area contributed by atoms with E-state index in [4.69, 9.17) is 0 Å². The van der Waals surface area contributed by atoms with Crippen LogP contribution < -0.4 is 0 Å². The molecule has 2 heteroatoms. The minimum Gasteiger partial charge on any atom is -0.477 e. The Morgan fingerprint density at radius 3 is 2.18 bits per heavy atom. The van der Waals surface area contributed by atoms with Gasteiger partial charge in [-0.15, -0.1) is 0 Å². The van der Waals surface area contributed by atoms with Crippen molar-refractivity contribution in [3.63, 3.8) is 0 Å². The van der Waals surface area contributed by atoms with Gasteiger partial charge in [0, 0.05) is 0 Å². The van der Waals surface area contributed by atoms with E-state index in [0.717, 1.165) is 0 Å². The van der Waals surface area contributed by atoms with Crippen LogP contribution in [-0.2, 0) is 0 Å².